The van der Waals surface area contributed by atoms with Crippen LogP contribution in [0, 0.1) is 11.6 Å². The minimum Gasteiger partial charge on any atom is -0.478 e. The average molecular weight is 501 g/mol. The zero-order valence-electron chi connectivity index (χ0n) is 17.8. The fourth-order valence-corrected chi connectivity index (χ4v) is 4.45. The molecule has 3 aromatic rings. The number of nitrogens with one attached hydrogen (secondary N) is 2. The molecule has 0 unspecified atom stereocenters. The Bertz CT molecular complexity index is 1300. The number of carboxylic acids is 1. The van der Waals surface area contributed by atoms with E-state index in [1.165, 1.54) is 18.2 Å². The molecule has 34 heavy (non-hydrogen) atoms. The number of alkyl halides is 1. The fraction of sp³-hybridized carbons (Fsp3) is 0.115. The second kappa shape index (κ2) is 10.4. The Kier molecular flexibility index (Phi) is 7.32. The number of hydrogen-bond acceptors (Lipinski definition) is 3. The number of aliphatic carboxylic acids is 1. The van der Waals surface area contributed by atoms with Crippen molar-refractivity contribution < 1.29 is 18.7 Å². The van der Waals surface area contributed by atoms with Crippen LogP contribution in [0.1, 0.15) is 34.2 Å². The van der Waals surface area contributed by atoms with Crippen molar-refractivity contribution in [1.29, 1.82) is 0 Å². The summed E-state index contributed by atoms with van der Waals surface area (Å²) in [7, 11) is 0. The van der Waals surface area contributed by atoms with Gasteiger partial charge in [0.25, 0.3) is 0 Å². The monoisotopic (exact) mass is 500 g/mol. The van der Waals surface area contributed by atoms with Crippen LogP contribution in [0.25, 0.3) is 17.2 Å². The molecule has 0 radical (unpaired) electrons. The van der Waals surface area contributed by atoms with Crippen molar-refractivity contribution in [3.63, 3.8) is 0 Å². The van der Waals surface area contributed by atoms with Crippen LogP contribution in [0.15, 0.2) is 60.7 Å². The minimum absolute atomic E-state index is 0.198. The van der Waals surface area contributed by atoms with Crippen molar-refractivity contribution in [2.24, 2.45) is 0 Å². The largest absolute Gasteiger partial charge is 0.478 e. The van der Waals surface area contributed by atoms with Crippen molar-refractivity contribution in [3.05, 3.63) is 105 Å². The van der Waals surface area contributed by atoms with Gasteiger partial charge in [0.1, 0.15) is 11.6 Å². The van der Waals surface area contributed by atoms with Crippen LogP contribution in [0.3, 0.4) is 0 Å². The molecule has 0 atom stereocenters. The highest BCUT2D eigenvalue weighted by Crippen LogP contribution is 2.40. The normalized spacial score (nSPS) is 13.5. The van der Waals surface area contributed by atoms with E-state index in [9.17, 15) is 9.18 Å². The van der Waals surface area contributed by atoms with Gasteiger partial charge in [0.15, 0.2) is 0 Å². The zero-order chi connectivity index (χ0) is 24.2. The first-order chi connectivity index (χ1) is 16.4. The summed E-state index contributed by atoms with van der Waals surface area (Å²) in [5, 5.41) is 9.08. The molecule has 0 saturated heterocycles. The van der Waals surface area contributed by atoms with Crippen molar-refractivity contribution in [3.8, 4) is 0 Å². The van der Waals surface area contributed by atoms with E-state index in [-0.39, 0.29) is 16.7 Å². The minimum atomic E-state index is -1.05. The third kappa shape index (κ3) is 4.99. The van der Waals surface area contributed by atoms with Crippen molar-refractivity contribution in [1.82, 2.24) is 5.43 Å². The van der Waals surface area contributed by atoms with E-state index in [1.54, 1.807) is 42.5 Å². The number of benzene rings is 3. The Morgan fingerprint density at radius 3 is 2.47 bits per heavy atom. The Labute approximate surface area is 205 Å². The quantitative estimate of drug-likeness (QED) is 0.191. The first-order valence-corrected chi connectivity index (χ1v) is 11.4. The van der Waals surface area contributed by atoms with Gasteiger partial charge in [-0.1, -0.05) is 41.9 Å². The van der Waals surface area contributed by atoms with Gasteiger partial charge in [0.2, 0.25) is 0 Å². The lowest BCUT2D eigenvalue weighted by Crippen LogP contribution is -2.11. The molecule has 0 aliphatic carbocycles. The maximum absolute atomic E-state index is 15.8. The summed E-state index contributed by atoms with van der Waals surface area (Å²) in [5.41, 5.74) is 10.6. The summed E-state index contributed by atoms with van der Waals surface area (Å²) in [6.07, 6.45) is 2.87. The Morgan fingerprint density at radius 1 is 1.06 bits per heavy atom. The molecule has 3 N–H and O–H groups in total. The van der Waals surface area contributed by atoms with Crippen LogP contribution in [-0.2, 0) is 11.3 Å². The van der Waals surface area contributed by atoms with Crippen LogP contribution < -0.4 is 10.9 Å². The number of anilines is 1. The summed E-state index contributed by atoms with van der Waals surface area (Å²) in [4.78, 5) is 10.8. The second-order valence-electron chi connectivity index (χ2n) is 7.64. The molecule has 0 amide bonds. The van der Waals surface area contributed by atoms with Gasteiger partial charge < -0.3 is 10.5 Å². The van der Waals surface area contributed by atoms with Gasteiger partial charge in [-0.3, -0.25) is 0 Å². The molecule has 0 bridgehead atoms. The maximum Gasteiger partial charge on any atom is 0.328 e. The molecule has 3 aromatic carbocycles. The standard InChI is InChI=1S/C26H20Cl2F2N2O2/c27-12-11-19(18-7-6-17(29)13-22(18)28)25(16-4-1-15(2-5-16)3-10-24(33)34)20-8-9-23-21(26(20)30)14-31-32-23/h1-10,13,31-32H,11-12,14H2,(H,33,34)/b10-3+,25-19+. The number of allylic oxidation sites excluding steroid dienone is 1. The van der Waals surface area contributed by atoms with Crippen LogP contribution in [0.2, 0.25) is 5.02 Å². The summed E-state index contributed by atoms with van der Waals surface area (Å²) in [6, 6.07) is 14.6. The van der Waals surface area contributed by atoms with Crippen LogP contribution >= 0.6 is 23.2 Å². The molecular formula is C26H20Cl2F2N2O2. The Hall–Kier alpha value is -3.19. The topological polar surface area (TPSA) is 61.4 Å². The number of carbonyl (C=O) groups is 1. The zero-order valence-corrected chi connectivity index (χ0v) is 19.4. The Morgan fingerprint density at radius 2 is 1.79 bits per heavy atom. The lowest BCUT2D eigenvalue weighted by molar-refractivity contribution is -0.131. The summed E-state index contributed by atoms with van der Waals surface area (Å²) < 4.78 is 29.5. The van der Waals surface area contributed by atoms with Crippen molar-refractivity contribution >= 4 is 52.1 Å². The van der Waals surface area contributed by atoms with Crippen LogP contribution in [0.5, 0.6) is 0 Å². The van der Waals surface area contributed by atoms with Gasteiger partial charge in [-0.25, -0.2) is 19.0 Å². The molecule has 1 aliphatic rings. The SMILES string of the molecule is O=C(O)/C=C/c1ccc(/C(=C(/CCCl)c2ccc(F)cc2Cl)c2ccc3c(c2F)CNN3)cc1. The van der Waals surface area contributed by atoms with Crippen LogP contribution in [0.4, 0.5) is 14.5 Å². The number of hydrogen-bond donors (Lipinski definition) is 3. The molecule has 4 rings (SSSR count). The van der Waals surface area contributed by atoms with E-state index in [4.69, 9.17) is 28.3 Å². The molecule has 0 saturated carbocycles. The first kappa shape index (κ1) is 24.0. The maximum atomic E-state index is 15.8. The Balaban J connectivity index is 1.97. The number of carboxylic acid groups (broad SMARTS) is 1. The summed E-state index contributed by atoms with van der Waals surface area (Å²) in [6.45, 7) is 0.323. The molecular weight excluding hydrogens is 481 g/mol. The van der Waals surface area contributed by atoms with Crippen LogP contribution in [-0.4, -0.2) is 17.0 Å². The molecule has 0 spiro atoms. The number of fused-ring (bicyclic) bond motifs is 1. The predicted octanol–water partition coefficient (Wildman–Crippen LogP) is 6.73. The van der Waals surface area contributed by atoms with Gasteiger partial charge in [0, 0.05) is 29.6 Å². The van der Waals surface area contributed by atoms with Crippen molar-refractivity contribution in [2.45, 2.75) is 13.0 Å². The number of rotatable bonds is 7. The van der Waals surface area contributed by atoms with Gasteiger partial charge in [0.05, 0.1) is 10.7 Å². The smallest absolute Gasteiger partial charge is 0.328 e. The lowest BCUT2D eigenvalue weighted by atomic mass is 9.86. The second-order valence-corrected chi connectivity index (χ2v) is 8.43. The highest BCUT2D eigenvalue weighted by Gasteiger charge is 2.23. The average Bonchev–Trinajstić information content (AvgIpc) is 3.29. The summed E-state index contributed by atoms with van der Waals surface area (Å²) >= 11 is 12.6. The van der Waals surface area contributed by atoms with Gasteiger partial charge in [-0.2, -0.15) is 0 Å². The van der Waals surface area contributed by atoms with Gasteiger partial charge in [-0.05, 0) is 64.6 Å². The highest BCUT2D eigenvalue weighted by molar-refractivity contribution is 6.33. The lowest BCUT2D eigenvalue weighted by Gasteiger charge is -2.19. The summed E-state index contributed by atoms with van der Waals surface area (Å²) in [5.74, 6) is -1.68. The first-order valence-electron chi connectivity index (χ1n) is 10.5. The van der Waals surface area contributed by atoms with Gasteiger partial charge >= 0.3 is 5.97 Å². The molecule has 1 heterocycles. The van der Waals surface area contributed by atoms with E-state index < -0.39 is 11.8 Å². The third-order valence-corrected chi connectivity index (χ3v) is 6.02. The third-order valence-electron chi connectivity index (χ3n) is 5.52. The van der Waals surface area contributed by atoms with E-state index in [0.29, 0.717) is 57.6 Å². The molecule has 4 nitrogen and oxygen atoms in total. The van der Waals surface area contributed by atoms with E-state index >= 15 is 4.39 Å². The highest BCUT2D eigenvalue weighted by atomic mass is 35.5. The number of halogens is 4. The van der Waals surface area contributed by atoms with E-state index in [1.807, 2.05) is 0 Å². The fourth-order valence-electron chi connectivity index (χ4n) is 3.98. The van der Waals surface area contributed by atoms with E-state index in [0.717, 1.165) is 6.08 Å². The molecule has 0 aromatic heterocycles. The molecule has 8 heteroatoms. The number of hydrazine groups is 1. The van der Waals surface area contributed by atoms with E-state index in [2.05, 4.69) is 10.9 Å². The van der Waals surface area contributed by atoms with Crippen molar-refractivity contribution in [2.75, 3.05) is 11.3 Å². The predicted molar refractivity (Wildman–Crippen MR) is 133 cm³/mol. The van der Waals surface area contributed by atoms with Gasteiger partial charge in [-0.15, -0.1) is 11.6 Å². The molecule has 1 aliphatic heterocycles. The molecule has 174 valence electrons. The molecule has 0 fully saturated rings.